The van der Waals surface area contributed by atoms with Crippen LogP contribution in [0.25, 0.3) is 0 Å². The molecule has 0 spiro atoms. The molecule has 0 amide bonds. The fourth-order valence-electron chi connectivity index (χ4n) is 3.21. The molecule has 3 nitrogen and oxygen atoms in total. The van der Waals surface area contributed by atoms with Gasteiger partial charge in [0, 0.05) is 17.5 Å². The maximum absolute atomic E-state index is 9.75. The van der Waals surface area contributed by atoms with Gasteiger partial charge in [0.05, 0.1) is 7.11 Å². The van der Waals surface area contributed by atoms with E-state index in [2.05, 4.69) is 22.4 Å². The van der Waals surface area contributed by atoms with E-state index in [0.29, 0.717) is 11.8 Å². The summed E-state index contributed by atoms with van der Waals surface area (Å²) in [5, 5.41) is 11.9. The van der Waals surface area contributed by atoms with E-state index in [1.165, 1.54) is 36.1 Å². The molecule has 22 heavy (non-hydrogen) atoms. The molecule has 0 aliphatic carbocycles. The Morgan fingerprint density at radius 2 is 2.18 bits per heavy atom. The maximum atomic E-state index is 9.75. The molecular weight excluding hydrogens is 294 g/mol. The van der Waals surface area contributed by atoms with Crippen LogP contribution in [0.1, 0.15) is 42.2 Å². The molecule has 1 N–H and O–H groups in total. The van der Waals surface area contributed by atoms with Gasteiger partial charge < -0.3 is 9.84 Å². The zero-order valence-corrected chi connectivity index (χ0v) is 13.8. The highest BCUT2D eigenvalue weighted by atomic mass is 32.1. The van der Waals surface area contributed by atoms with Gasteiger partial charge in [0.1, 0.15) is 0 Å². The molecule has 0 bridgehead atoms. The number of aromatic hydroxyl groups is 1. The van der Waals surface area contributed by atoms with Crippen molar-refractivity contribution in [1.82, 2.24) is 4.90 Å². The van der Waals surface area contributed by atoms with E-state index in [-0.39, 0.29) is 5.75 Å². The summed E-state index contributed by atoms with van der Waals surface area (Å²) < 4.78 is 5.23. The van der Waals surface area contributed by atoms with Gasteiger partial charge in [-0.1, -0.05) is 25.0 Å². The summed E-state index contributed by atoms with van der Waals surface area (Å²) in [6, 6.07) is 10.6. The van der Waals surface area contributed by atoms with E-state index in [1.54, 1.807) is 13.2 Å². The van der Waals surface area contributed by atoms with Crippen molar-refractivity contribution in [2.24, 2.45) is 0 Å². The minimum Gasteiger partial charge on any atom is -0.504 e. The van der Waals surface area contributed by atoms with Gasteiger partial charge >= 0.3 is 0 Å². The number of phenolic OH excluding ortho intramolecular Hbond substituents is 1. The fraction of sp³-hybridized carbons (Fsp3) is 0.444. The van der Waals surface area contributed by atoms with Crippen LogP contribution in [0, 0.1) is 0 Å². The maximum Gasteiger partial charge on any atom is 0.160 e. The molecule has 1 saturated heterocycles. The van der Waals surface area contributed by atoms with E-state index >= 15 is 0 Å². The highest BCUT2D eigenvalue weighted by Crippen LogP contribution is 2.35. The predicted molar refractivity (Wildman–Crippen MR) is 90.6 cm³/mol. The first-order valence-electron chi connectivity index (χ1n) is 7.91. The second kappa shape index (κ2) is 7.16. The molecule has 1 fully saturated rings. The number of benzene rings is 1. The molecule has 1 aromatic heterocycles. The SMILES string of the molecule is COc1cc(CN2CCCCC[C@@H]2c2cccs2)ccc1O. The largest absolute Gasteiger partial charge is 0.504 e. The summed E-state index contributed by atoms with van der Waals surface area (Å²) in [4.78, 5) is 4.04. The van der Waals surface area contributed by atoms with Gasteiger partial charge in [-0.25, -0.2) is 0 Å². The van der Waals surface area contributed by atoms with Gasteiger partial charge in [-0.15, -0.1) is 11.3 Å². The summed E-state index contributed by atoms with van der Waals surface area (Å²) in [7, 11) is 1.60. The van der Waals surface area contributed by atoms with Crippen molar-refractivity contribution >= 4 is 11.3 Å². The Morgan fingerprint density at radius 1 is 1.27 bits per heavy atom. The number of phenols is 1. The van der Waals surface area contributed by atoms with Gasteiger partial charge in [0.2, 0.25) is 0 Å². The number of nitrogens with zero attached hydrogens (tertiary/aromatic N) is 1. The van der Waals surface area contributed by atoms with E-state index in [0.717, 1.165) is 13.1 Å². The molecule has 0 saturated carbocycles. The number of thiophene rings is 1. The van der Waals surface area contributed by atoms with Crippen molar-refractivity contribution in [3.63, 3.8) is 0 Å². The first-order chi connectivity index (χ1) is 10.8. The number of methoxy groups -OCH3 is 1. The molecule has 118 valence electrons. The monoisotopic (exact) mass is 317 g/mol. The van der Waals surface area contributed by atoms with Crippen LogP contribution in [0.3, 0.4) is 0 Å². The molecule has 1 atom stereocenters. The molecule has 2 aromatic rings. The lowest BCUT2D eigenvalue weighted by atomic mass is 10.1. The van der Waals surface area contributed by atoms with Gasteiger partial charge in [-0.05, 0) is 48.5 Å². The van der Waals surface area contributed by atoms with E-state index in [9.17, 15) is 5.11 Å². The Labute approximate surface area is 136 Å². The van der Waals surface area contributed by atoms with Crippen LogP contribution in [0.2, 0.25) is 0 Å². The topological polar surface area (TPSA) is 32.7 Å². The highest BCUT2D eigenvalue weighted by molar-refractivity contribution is 7.10. The minimum absolute atomic E-state index is 0.205. The Hall–Kier alpha value is -1.52. The molecule has 3 rings (SSSR count). The van der Waals surface area contributed by atoms with Crippen LogP contribution in [-0.2, 0) is 6.54 Å². The Kier molecular flexibility index (Phi) is 5.01. The summed E-state index contributed by atoms with van der Waals surface area (Å²) in [6.07, 6.45) is 5.11. The number of hydrogen-bond donors (Lipinski definition) is 1. The Morgan fingerprint density at radius 3 is 2.95 bits per heavy atom. The number of ether oxygens (including phenoxy) is 1. The molecular formula is C18H23NO2S. The van der Waals surface area contributed by atoms with Gasteiger partial charge in [0.15, 0.2) is 11.5 Å². The van der Waals surface area contributed by atoms with Crippen LogP contribution in [0.5, 0.6) is 11.5 Å². The standard InChI is InChI=1S/C18H23NO2S/c1-21-17-12-14(8-9-16(17)20)13-19-10-4-2-3-6-15(19)18-7-5-11-22-18/h5,7-9,11-12,15,20H,2-4,6,10,13H2,1H3/t15-/m1/s1. The average Bonchev–Trinajstić information content (AvgIpc) is 2.96. The van der Waals surface area contributed by atoms with Gasteiger partial charge in [-0.2, -0.15) is 0 Å². The molecule has 1 aliphatic heterocycles. The lowest BCUT2D eigenvalue weighted by Crippen LogP contribution is -2.27. The van der Waals surface area contributed by atoms with Gasteiger partial charge in [0.25, 0.3) is 0 Å². The molecule has 0 radical (unpaired) electrons. The summed E-state index contributed by atoms with van der Waals surface area (Å²) >= 11 is 1.86. The summed E-state index contributed by atoms with van der Waals surface area (Å²) in [5.41, 5.74) is 1.19. The quantitative estimate of drug-likeness (QED) is 0.896. The van der Waals surface area contributed by atoms with Crippen LogP contribution >= 0.6 is 11.3 Å². The average molecular weight is 317 g/mol. The van der Waals surface area contributed by atoms with E-state index < -0.39 is 0 Å². The van der Waals surface area contributed by atoms with Crippen molar-refractivity contribution < 1.29 is 9.84 Å². The zero-order valence-electron chi connectivity index (χ0n) is 13.0. The van der Waals surface area contributed by atoms with E-state index in [1.807, 2.05) is 23.5 Å². The number of rotatable bonds is 4. The third-order valence-corrected chi connectivity index (χ3v) is 5.34. The summed E-state index contributed by atoms with van der Waals surface area (Å²) in [6.45, 7) is 2.03. The first-order valence-corrected chi connectivity index (χ1v) is 8.79. The number of hydrogen-bond acceptors (Lipinski definition) is 4. The second-order valence-corrected chi connectivity index (χ2v) is 6.84. The fourth-order valence-corrected chi connectivity index (χ4v) is 4.11. The zero-order chi connectivity index (χ0) is 15.4. The highest BCUT2D eigenvalue weighted by Gasteiger charge is 2.23. The molecule has 1 aromatic carbocycles. The van der Waals surface area contributed by atoms with Crippen molar-refractivity contribution in [2.45, 2.75) is 38.3 Å². The normalized spacial score (nSPS) is 19.8. The molecule has 4 heteroatoms. The van der Waals surface area contributed by atoms with Crippen LogP contribution < -0.4 is 4.74 Å². The lowest BCUT2D eigenvalue weighted by Gasteiger charge is -2.29. The lowest BCUT2D eigenvalue weighted by molar-refractivity contribution is 0.195. The number of likely N-dealkylation sites (tertiary alicyclic amines) is 1. The van der Waals surface area contributed by atoms with Crippen LogP contribution in [-0.4, -0.2) is 23.7 Å². The molecule has 2 heterocycles. The smallest absolute Gasteiger partial charge is 0.160 e. The van der Waals surface area contributed by atoms with Crippen molar-refractivity contribution in [3.8, 4) is 11.5 Å². The van der Waals surface area contributed by atoms with E-state index in [4.69, 9.17) is 4.74 Å². The summed E-state index contributed by atoms with van der Waals surface area (Å²) in [5.74, 6) is 0.761. The Bertz CT molecular complexity index is 597. The van der Waals surface area contributed by atoms with Crippen molar-refractivity contribution in [1.29, 1.82) is 0 Å². The van der Waals surface area contributed by atoms with Crippen LogP contribution in [0.4, 0.5) is 0 Å². The predicted octanol–water partition coefficient (Wildman–Crippen LogP) is 4.58. The Balaban J connectivity index is 1.81. The van der Waals surface area contributed by atoms with Crippen LogP contribution in [0.15, 0.2) is 35.7 Å². The third kappa shape index (κ3) is 3.45. The van der Waals surface area contributed by atoms with Gasteiger partial charge in [-0.3, -0.25) is 4.90 Å². The first kappa shape index (κ1) is 15.4. The van der Waals surface area contributed by atoms with Crippen molar-refractivity contribution in [3.05, 3.63) is 46.2 Å². The molecule has 1 aliphatic rings. The second-order valence-electron chi connectivity index (χ2n) is 5.86. The molecule has 0 unspecified atom stereocenters. The van der Waals surface area contributed by atoms with Crippen molar-refractivity contribution in [2.75, 3.05) is 13.7 Å². The minimum atomic E-state index is 0.205. The third-order valence-electron chi connectivity index (χ3n) is 4.37.